The summed E-state index contributed by atoms with van der Waals surface area (Å²) in [4.78, 5) is 0. The number of hydrogen-bond acceptors (Lipinski definition) is 3. The molecular formula is C13H26O3. The monoisotopic (exact) mass is 230 g/mol. The minimum Gasteiger partial charge on any atom is -0.390 e. The molecule has 0 bridgehead atoms. The van der Waals surface area contributed by atoms with Crippen molar-refractivity contribution in [2.75, 3.05) is 13.2 Å². The number of hydrogen-bond donors (Lipinski definition) is 1. The zero-order valence-electron chi connectivity index (χ0n) is 10.9. The van der Waals surface area contributed by atoms with Crippen LogP contribution in [0.25, 0.3) is 0 Å². The van der Waals surface area contributed by atoms with Crippen LogP contribution in [0.5, 0.6) is 0 Å². The Morgan fingerprint density at radius 1 is 1.06 bits per heavy atom. The van der Waals surface area contributed by atoms with Gasteiger partial charge in [0.1, 0.15) is 0 Å². The molecule has 0 radical (unpaired) electrons. The van der Waals surface area contributed by atoms with E-state index in [4.69, 9.17) is 9.47 Å². The van der Waals surface area contributed by atoms with Crippen molar-refractivity contribution < 1.29 is 14.6 Å². The topological polar surface area (TPSA) is 38.7 Å². The molecule has 0 atom stereocenters. The quantitative estimate of drug-likeness (QED) is 0.731. The predicted octanol–water partition coefficient (Wildman–Crippen LogP) is 2.86. The van der Waals surface area contributed by atoms with Gasteiger partial charge in [-0.1, -0.05) is 26.7 Å². The third-order valence-electron chi connectivity index (χ3n) is 3.37. The van der Waals surface area contributed by atoms with Gasteiger partial charge in [-0.2, -0.15) is 0 Å². The molecule has 96 valence electrons. The van der Waals surface area contributed by atoms with Gasteiger partial charge in [0.25, 0.3) is 0 Å². The van der Waals surface area contributed by atoms with E-state index in [1.54, 1.807) is 0 Å². The molecule has 1 N–H and O–H groups in total. The lowest BCUT2D eigenvalue weighted by molar-refractivity contribution is -0.157. The van der Waals surface area contributed by atoms with Crippen molar-refractivity contribution in [3.05, 3.63) is 0 Å². The van der Waals surface area contributed by atoms with E-state index in [0.717, 1.165) is 38.5 Å². The first-order valence-electron chi connectivity index (χ1n) is 6.54. The van der Waals surface area contributed by atoms with Crippen LogP contribution in [0.15, 0.2) is 0 Å². The van der Waals surface area contributed by atoms with Gasteiger partial charge in [-0.15, -0.1) is 0 Å². The minimum absolute atomic E-state index is 0.463. The summed E-state index contributed by atoms with van der Waals surface area (Å²) in [6.07, 6.45) is 5.34. The molecule has 0 saturated carbocycles. The van der Waals surface area contributed by atoms with Crippen LogP contribution in [0.3, 0.4) is 0 Å². The highest BCUT2D eigenvalue weighted by atomic mass is 16.7. The van der Waals surface area contributed by atoms with Gasteiger partial charge < -0.3 is 14.6 Å². The maximum Gasteiger partial charge on any atom is 0.165 e. The summed E-state index contributed by atoms with van der Waals surface area (Å²) in [5.41, 5.74) is -0.526. The lowest BCUT2D eigenvalue weighted by atomic mass is 9.86. The van der Waals surface area contributed by atoms with E-state index in [-0.39, 0.29) is 0 Å². The molecule has 1 aliphatic rings. The Hall–Kier alpha value is -0.120. The lowest BCUT2D eigenvalue weighted by Gasteiger charge is -2.31. The summed E-state index contributed by atoms with van der Waals surface area (Å²) in [5, 5.41) is 10.5. The van der Waals surface area contributed by atoms with Gasteiger partial charge >= 0.3 is 0 Å². The van der Waals surface area contributed by atoms with Gasteiger partial charge in [-0.3, -0.25) is 0 Å². The standard InChI is InChI=1S/C13H26O3/c1-4-6-13(14,7-5-2)9-8-12(3)15-10-11-16-12/h14H,4-11H2,1-3H3. The molecule has 3 nitrogen and oxygen atoms in total. The molecule has 0 aromatic rings. The van der Waals surface area contributed by atoms with E-state index in [1.807, 2.05) is 6.92 Å². The highest BCUT2D eigenvalue weighted by molar-refractivity contribution is 4.81. The Labute approximate surface area is 99.1 Å². The van der Waals surface area contributed by atoms with Crippen LogP contribution in [0.4, 0.5) is 0 Å². The van der Waals surface area contributed by atoms with Crippen LogP contribution < -0.4 is 0 Å². The molecule has 3 heteroatoms. The van der Waals surface area contributed by atoms with E-state index in [1.165, 1.54) is 0 Å². The lowest BCUT2D eigenvalue weighted by Crippen LogP contribution is -2.34. The van der Waals surface area contributed by atoms with Crippen LogP contribution in [-0.2, 0) is 9.47 Å². The Bertz CT molecular complexity index is 191. The molecule has 1 saturated heterocycles. The van der Waals surface area contributed by atoms with Crippen molar-refractivity contribution in [3.63, 3.8) is 0 Å². The second kappa shape index (κ2) is 5.99. The zero-order valence-corrected chi connectivity index (χ0v) is 10.9. The first-order chi connectivity index (χ1) is 7.54. The van der Waals surface area contributed by atoms with Crippen molar-refractivity contribution in [3.8, 4) is 0 Å². The Balaban J connectivity index is 2.42. The van der Waals surface area contributed by atoms with Gasteiger partial charge in [0.05, 0.1) is 18.8 Å². The van der Waals surface area contributed by atoms with E-state index < -0.39 is 11.4 Å². The largest absolute Gasteiger partial charge is 0.390 e. The molecule has 1 fully saturated rings. The van der Waals surface area contributed by atoms with Gasteiger partial charge in [0.2, 0.25) is 0 Å². The van der Waals surface area contributed by atoms with Crippen molar-refractivity contribution in [2.45, 2.75) is 70.7 Å². The third kappa shape index (κ3) is 4.04. The Morgan fingerprint density at radius 3 is 2.00 bits per heavy atom. The smallest absolute Gasteiger partial charge is 0.165 e. The van der Waals surface area contributed by atoms with Crippen LogP contribution in [-0.4, -0.2) is 29.7 Å². The first-order valence-corrected chi connectivity index (χ1v) is 6.54. The maximum absolute atomic E-state index is 10.5. The summed E-state index contributed by atoms with van der Waals surface area (Å²) in [6, 6.07) is 0. The second-order valence-electron chi connectivity index (χ2n) is 5.06. The van der Waals surface area contributed by atoms with Gasteiger partial charge in [-0.05, 0) is 26.2 Å². The summed E-state index contributed by atoms with van der Waals surface area (Å²) < 4.78 is 11.1. The number of ether oxygens (including phenoxy) is 2. The van der Waals surface area contributed by atoms with Gasteiger partial charge in [0, 0.05) is 6.42 Å². The van der Waals surface area contributed by atoms with E-state index in [2.05, 4.69) is 13.8 Å². The van der Waals surface area contributed by atoms with Crippen LogP contribution in [0.2, 0.25) is 0 Å². The summed E-state index contributed by atoms with van der Waals surface area (Å²) in [6.45, 7) is 7.56. The summed E-state index contributed by atoms with van der Waals surface area (Å²) in [5.74, 6) is -0.463. The molecule has 1 aliphatic heterocycles. The fourth-order valence-corrected chi connectivity index (χ4v) is 2.47. The molecule has 0 aromatic heterocycles. The van der Waals surface area contributed by atoms with Gasteiger partial charge in [-0.25, -0.2) is 0 Å². The van der Waals surface area contributed by atoms with Crippen molar-refractivity contribution >= 4 is 0 Å². The molecule has 0 amide bonds. The van der Waals surface area contributed by atoms with E-state index in [9.17, 15) is 5.11 Å². The average Bonchev–Trinajstić information content (AvgIpc) is 2.64. The molecule has 0 unspecified atom stereocenters. The fourth-order valence-electron chi connectivity index (χ4n) is 2.47. The van der Waals surface area contributed by atoms with Gasteiger partial charge in [0.15, 0.2) is 5.79 Å². The molecule has 0 aromatic carbocycles. The number of aliphatic hydroxyl groups is 1. The molecule has 1 rings (SSSR count). The molecule has 0 aliphatic carbocycles. The second-order valence-corrected chi connectivity index (χ2v) is 5.06. The molecule has 16 heavy (non-hydrogen) atoms. The summed E-state index contributed by atoms with van der Waals surface area (Å²) in [7, 11) is 0. The van der Waals surface area contributed by atoms with E-state index in [0.29, 0.717) is 13.2 Å². The minimum atomic E-state index is -0.526. The van der Waals surface area contributed by atoms with Crippen molar-refractivity contribution in [1.82, 2.24) is 0 Å². The molecular weight excluding hydrogens is 204 g/mol. The Morgan fingerprint density at radius 2 is 1.56 bits per heavy atom. The number of rotatable bonds is 7. The van der Waals surface area contributed by atoms with Crippen molar-refractivity contribution in [2.24, 2.45) is 0 Å². The highest BCUT2D eigenvalue weighted by Gasteiger charge is 2.34. The van der Waals surface area contributed by atoms with Crippen molar-refractivity contribution in [1.29, 1.82) is 0 Å². The average molecular weight is 230 g/mol. The maximum atomic E-state index is 10.5. The Kier molecular flexibility index (Phi) is 5.22. The highest BCUT2D eigenvalue weighted by Crippen LogP contribution is 2.31. The SMILES string of the molecule is CCCC(O)(CCC)CCC1(C)OCCO1. The molecule has 0 spiro atoms. The normalized spacial score (nSPS) is 20.2. The third-order valence-corrected chi connectivity index (χ3v) is 3.37. The first kappa shape index (κ1) is 13.9. The summed E-state index contributed by atoms with van der Waals surface area (Å²) >= 11 is 0. The van der Waals surface area contributed by atoms with Crippen LogP contribution in [0.1, 0.15) is 59.3 Å². The zero-order chi connectivity index (χ0) is 12.1. The predicted molar refractivity (Wildman–Crippen MR) is 64.3 cm³/mol. The molecule has 1 heterocycles. The van der Waals surface area contributed by atoms with Crippen LogP contribution >= 0.6 is 0 Å². The van der Waals surface area contributed by atoms with E-state index >= 15 is 0 Å². The fraction of sp³-hybridized carbons (Fsp3) is 1.00. The van der Waals surface area contributed by atoms with Crippen LogP contribution in [0, 0.1) is 0 Å².